The van der Waals surface area contributed by atoms with Crippen LogP contribution in [-0.4, -0.2) is 34.9 Å². The van der Waals surface area contributed by atoms with Gasteiger partial charge in [-0.25, -0.2) is 8.42 Å². The van der Waals surface area contributed by atoms with Crippen LogP contribution < -0.4 is 13.7 Å². The Morgan fingerprint density at radius 2 is 1.78 bits per heavy atom. The van der Waals surface area contributed by atoms with Crippen LogP contribution >= 0.6 is 23.2 Å². The van der Waals surface area contributed by atoms with Crippen molar-refractivity contribution in [2.75, 3.05) is 22.1 Å². The summed E-state index contributed by atoms with van der Waals surface area (Å²) in [5, 5.41) is 2.16. The van der Waals surface area contributed by atoms with Gasteiger partial charge in [0, 0.05) is 35.9 Å². The fourth-order valence-electron chi connectivity index (χ4n) is 4.07. The molecule has 1 aromatic heterocycles. The molecule has 4 aromatic rings. The van der Waals surface area contributed by atoms with Crippen molar-refractivity contribution in [2.24, 2.45) is 0 Å². The zero-order chi connectivity index (χ0) is 25.5. The summed E-state index contributed by atoms with van der Waals surface area (Å²) in [5.74, 6) is 0. The Hall–Kier alpha value is -2.89. The van der Waals surface area contributed by atoms with E-state index in [4.69, 9.17) is 23.2 Å². The smallest absolute Gasteiger partial charge is 0.280 e. The van der Waals surface area contributed by atoms with E-state index in [-0.39, 0.29) is 27.8 Å². The maximum atomic E-state index is 13.2. The number of hydrogen-bond acceptors (Lipinski definition) is 5. The lowest BCUT2D eigenvalue weighted by molar-refractivity contribution is 0.560. The molecule has 12 heteroatoms. The fraction of sp³-hybridized carbons (Fsp3) is 0.125. The largest absolute Gasteiger partial charge is 0.301 e. The third kappa shape index (κ3) is 4.74. The molecule has 5 rings (SSSR count). The lowest BCUT2D eigenvalue weighted by Gasteiger charge is -2.28. The van der Waals surface area contributed by atoms with Crippen molar-refractivity contribution in [3.63, 3.8) is 0 Å². The maximum absolute atomic E-state index is 13.2. The zero-order valence-electron chi connectivity index (χ0n) is 18.6. The second-order valence-electron chi connectivity index (χ2n) is 8.12. The molecular weight excluding hydrogens is 543 g/mol. The van der Waals surface area contributed by atoms with Crippen molar-refractivity contribution < 1.29 is 16.8 Å². The van der Waals surface area contributed by atoms with E-state index in [1.165, 1.54) is 18.2 Å². The standard InChI is InChI=1S/C24H20Cl2N4O4S2/c25-21-8-6-17(14-20(21)24-19-5-2-1-4-16(19)10-12-27-24)29-35(31,32)23-9-7-18(15-22(23)26)30-13-3-11-28-36(30,33)34/h1-2,4-10,12,14-15,28-29H,3,11,13H2. The highest BCUT2D eigenvalue weighted by Gasteiger charge is 2.27. The van der Waals surface area contributed by atoms with Gasteiger partial charge in [0.1, 0.15) is 4.90 Å². The highest BCUT2D eigenvalue weighted by atomic mass is 35.5. The molecule has 0 amide bonds. The summed E-state index contributed by atoms with van der Waals surface area (Å²) in [6, 6.07) is 18.4. The Bertz CT molecular complexity index is 1690. The Kier molecular flexibility index (Phi) is 6.56. The summed E-state index contributed by atoms with van der Waals surface area (Å²) in [6.07, 6.45) is 2.28. The molecule has 3 aromatic carbocycles. The number of benzene rings is 3. The monoisotopic (exact) mass is 562 g/mol. The molecule has 0 spiro atoms. The van der Waals surface area contributed by atoms with E-state index >= 15 is 0 Å². The number of fused-ring (bicyclic) bond motifs is 1. The van der Waals surface area contributed by atoms with E-state index in [9.17, 15) is 16.8 Å². The first-order valence-electron chi connectivity index (χ1n) is 10.9. The van der Waals surface area contributed by atoms with Crippen LogP contribution in [0.15, 0.2) is 77.8 Å². The summed E-state index contributed by atoms with van der Waals surface area (Å²) >= 11 is 12.8. The van der Waals surface area contributed by atoms with Crippen molar-refractivity contribution in [3.05, 3.63) is 83.0 Å². The molecule has 0 atom stereocenters. The van der Waals surface area contributed by atoms with Crippen molar-refractivity contribution in [2.45, 2.75) is 11.3 Å². The van der Waals surface area contributed by atoms with Gasteiger partial charge in [-0.1, -0.05) is 47.5 Å². The third-order valence-electron chi connectivity index (χ3n) is 5.75. The molecule has 1 fully saturated rings. The van der Waals surface area contributed by atoms with Crippen LogP contribution in [0.2, 0.25) is 10.0 Å². The molecular formula is C24H20Cl2N4O4S2. The summed E-state index contributed by atoms with van der Waals surface area (Å²) < 4.78 is 57.1. The first-order valence-corrected chi connectivity index (χ1v) is 14.6. The average molecular weight is 563 g/mol. The summed E-state index contributed by atoms with van der Waals surface area (Å²) in [6.45, 7) is 0.617. The number of pyridine rings is 1. The van der Waals surface area contributed by atoms with Crippen LogP contribution in [0.3, 0.4) is 0 Å². The highest BCUT2D eigenvalue weighted by Crippen LogP contribution is 2.35. The second kappa shape index (κ2) is 9.53. The van der Waals surface area contributed by atoms with Gasteiger partial charge in [-0.05, 0) is 54.3 Å². The summed E-state index contributed by atoms with van der Waals surface area (Å²) in [4.78, 5) is 4.29. The van der Waals surface area contributed by atoms with E-state index < -0.39 is 20.2 Å². The molecule has 0 bridgehead atoms. The van der Waals surface area contributed by atoms with Crippen molar-refractivity contribution >= 4 is 65.6 Å². The fourth-order valence-corrected chi connectivity index (χ4v) is 7.18. The number of nitrogens with one attached hydrogen (secondary N) is 2. The minimum atomic E-state index is -4.10. The molecule has 2 heterocycles. The molecule has 1 saturated heterocycles. The molecule has 2 N–H and O–H groups in total. The summed E-state index contributed by atoms with van der Waals surface area (Å²) in [5.41, 5.74) is 1.74. The first kappa shape index (κ1) is 24.8. The number of sulfonamides is 1. The Labute approximate surface area is 219 Å². The molecule has 36 heavy (non-hydrogen) atoms. The molecule has 1 aliphatic rings. The summed E-state index contributed by atoms with van der Waals surface area (Å²) in [7, 11) is -7.80. The Balaban J connectivity index is 1.48. The molecule has 8 nitrogen and oxygen atoms in total. The minimum Gasteiger partial charge on any atom is -0.280 e. The van der Waals surface area contributed by atoms with Gasteiger partial charge in [0.05, 0.1) is 21.4 Å². The number of hydrogen-bond donors (Lipinski definition) is 2. The van der Waals surface area contributed by atoms with Gasteiger partial charge in [0.25, 0.3) is 10.0 Å². The van der Waals surface area contributed by atoms with Crippen LogP contribution in [0.1, 0.15) is 6.42 Å². The molecule has 0 unspecified atom stereocenters. The number of nitrogens with zero attached hydrogens (tertiary/aromatic N) is 2. The van der Waals surface area contributed by atoms with Gasteiger partial charge in [-0.3, -0.25) is 14.0 Å². The van der Waals surface area contributed by atoms with E-state index in [0.717, 1.165) is 15.1 Å². The van der Waals surface area contributed by atoms with Gasteiger partial charge in [0.15, 0.2) is 0 Å². The van der Waals surface area contributed by atoms with E-state index in [1.54, 1.807) is 24.4 Å². The topological polar surface area (TPSA) is 108 Å². The Morgan fingerprint density at radius 1 is 0.972 bits per heavy atom. The van der Waals surface area contributed by atoms with Crippen LogP contribution in [0.25, 0.3) is 22.0 Å². The van der Waals surface area contributed by atoms with Gasteiger partial charge < -0.3 is 0 Å². The normalized spacial score (nSPS) is 15.7. The van der Waals surface area contributed by atoms with Crippen LogP contribution in [0, 0.1) is 0 Å². The lowest BCUT2D eigenvalue weighted by Crippen LogP contribution is -2.47. The van der Waals surface area contributed by atoms with Gasteiger partial charge in [0.2, 0.25) is 0 Å². The lowest BCUT2D eigenvalue weighted by atomic mass is 10.0. The van der Waals surface area contributed by atoms with E-state index in [1.807, 2.05) is 30.3 Å². The number of halogens is 2. The number of rotatable bonds is 5. The first-order chi connectivity index (χ1) is 17.2. The second-order valence-corrected chi connectivity index (χ2v) is 12.3. The quantitative estimate of drug-likeness (QED) is 0.353. The molecule has 186 valence electrons. The molecule has 0 saturated carbocycles. The van der Waals surface area contributed by atoms with E-state index in [2.05, 4.69) is 14.4 Å². The number of anilines is 2. The van der Waals surface area contributed by atoms with Crippen LogP contribution in [0.5, 0.6) is 0 Å². The molecule has 1 aliphatic heterocycles. The van der Waals surface area contributed by atoms with Crippen molar-refractivity contribution in [3.8, 4) is 11.3 Å². The Morgan fingerprint density at radius 3 is 2.56 bits per heavy atom. The maximum Gasteiger partial charge on any atom is 0.301 e. The van der Waals surface area contributed by atoms with Gasteiger partial charge >= 0.3 is 10.2 Å². The van der Waals surface area contributed by atoms with Gasteiger partial charge in [-0.15, -0.1) is 0 Å². The van der Waals surface area contributed by atoms with Crippen molar-refractivity contribution in [1.29, 1.82) is 0 Å². The molecule has 0 aliphatic carbocycles. The van der Waals surface area contributed by atoms with Gasteiger partial charge in [-0.2, -0.15) is 13.1 Å². The van der Waals surface area contributed by atoms with Crippen LogP contribution in [-0.2, 0) is 20.2 Å². The average Bonchev–Trinajstić information content (AvgIpc) is 2.84. The predicted molar refractivity (Wildman–Crippen MR) is 143 cm³/mol. The van der Waals surface area contributed by atoms with Crippen LogP contribution in [0.4, 0.5) is 11.4 Å². The van der Waals surface area contributed by atoms with E-state index in [0.29, 0.717) is 29.2 Å². The third-order valence-corrected chi connectivity index (χ3v) is 9.49. The molecule has 0 radical (unpaired) electrons. The van der Waals surface area contributed by atoms with Crippen molar-refractivity contribution in [1.82, 2.24) is 9.71 Å². The SMILES string of the molecule is O=S(=O)(Nc1ccc(Cl)c(-c2nccc3ccccc23)c1)c1ccc(N2CCCNS2(=O)=O)cc1Cl. The number of aromatic nitrogens is 1. The zero-order valence-corrected chi connectivity index (χ0v) is 21.8. The highest BCUT2D eigenvalue weighted by molar-refractivity contribution is 7.93. The minimum absolute atomic E-state index is 0.106. The predicted octanol–water partition coefficient (Wildman–Crippen LogP) is 5.05.